The van der Waals surface area contributed by atoms with Gasteiger partial charge in [-0.2, -0.15) is 5.10 Å². The van der Waals surface area contributed by atoms with Crippen LogP contribution in [-0.2, 0) is 6.61 Å². The second-order valence-corrected chi connectivity index (χ2v) is 5.67. The van der Waals surface area contributed by atoms with E-state index in [9.17, 15) is 4.39 Å². The Morgan fingerprint density at radius 1 is 1.15 bits per heavy atom. The third kappa shape index (κ3) is 4.58. The molecule has 134 valence electrons. The van der Waals surface area contributed by atoms with Gasteiger partial charge in [0.2, 0.25) is 0 Å². The summed E-state index contributed by atoms with van der Waals surface area (Å²) in [4.78, 5) is 0. The minimum Gasteiger partial charge on any atom is -0.490 e. The van der Waals surface area contributed by atoms with E-state index >= 15 is 0 Å². The van der Waals surface area contributed by atoms with E-state index in [1.54, 1.807) is 30.5 Å². The number of hydrogen-bond acceptors (Lipinski definition) is 5. The maximum Gasteiger partial charge on any atom is 0.180 e. The highest BCUT2D eigenvalue weighted by Crippen LogP contribution is 2.37. The molecule has 0 N–H and O–H groups in total. The quantitative estimate of drug-likeness (QED) is 0.588. The molecule has 26 heavy (non-hydrogen) atoms. The van der Waals surface area contributed by atoms with Crippen LogP contribution in [0.5, 0.6) is 11.5 Å². The second-order valence-electron chi connectivity index (χ2n) is 5.26. The Morgan fingerprint density at radius 3 is 2.58 bits per heavy atom. The second kappa shape index (κ2) is 8.44. The molecule has 1 heterocycles. The van der Waals surface area contributed by atoms with Crippen molar-refractivity contribution >= 4 is 17.8 Å². The van der Waals surface area contributed by atoms with E-state index in [1.165, 1.54) is 29.5 Å². The van der Waals surface area contributed by atoms with E-state index in [2.05, 4.69) is 15.3 Å². The largest absolute Gasteiger partial charge is 0.490 e. The molecule has 0 unspecified atom stereocenters. The van der Waals surface area contributed by atoms with E-state index in [1.807, 2.05) is 6.92 Å². The van der Waals surface area contributed by atoms with Crippen molar-refractivity contribution < 1.29 is 13.9 Å². The number of halogens is 2. The lowest BCUT2D eigenvalue weighted by molar-refractivity contribution is 0.269. The summed E-state index contributed by atoms with van der Waals surface area (Å²) in [6.45, 7) is 2.57. The number of hydrogen-bond donors (Lipinski definition) is 0. The third-order valence-electron chi connectivity index (χ3n) is 3.37. The molecule has 0 saturated heterocycles. The number of aromatic nitrogens is 3. The predicted octanol–water partition coefficient (Wildman–Crippen LogP) is 3.93. The summed E-state index contributed by atoms with van der Waals surface area (Å²) in [5.41, 5.74) is 1.56. The summed E-state index contributed by atoms with van der Waals surface area (Å²) in [6.07, 6.45) is 4.56. The van der Waals surface area contributed by atoms with Gasteiger partial charge in [-0.1, -0.05) is 23.7 Å². The summed E-state index contributed by atoms with van der Waals surface area (Å²) < 4.78 is 25.9. The van der Waals surface area contributed by atoms with Gasteiger partial charge in [0.25, 0.3) is 0 Å². The van der Waals surface area contributed by atoms with Crippen molar-refractivity contribution in [1.29, 1.82) is 0 Å². The molecule has 1 aromatic heterocycles. The smallest absolute Gasteiger partial charge is 0.180 e. The number of rotatable bonds is 7. The molecule has 0 bridgehead atoms. The van der Waals surface area contributed by atoms with Crippen LogP contribution >= 0.6 is 11.6 Å². The van der Waals surface area contributed by atoms with Crippen LogP contribution in [0.2, 0.25) is 5.02 Å². The van der Waals surface area contributed by atoms with Crippen LogP contribution in [0.15, 0.2) is 54.2 Å². The van der Waals surface area contributed by atoms with Crippen LogP contribution in [0.25, 0.3) is 0 Å². The molecule has 0 aliphatic rings. The van der Waals surface area contributed by atoms with Crippen molar-refractivity contribution in [3.63, 3.8) is 0 Å². The Morgan fingerprint density at radius 2 is 1.88 bits per heavy atom. The minimum absolute atomic E-state index is 0.244. The first-order valence-corrected chi connectivity index (χ1v) is 8.26. The fraction of sp³-hybridized carbons (Fsp3) is 0.167. The minimum atomic E-state index is -0.293. The number of nitrogens with zero attached hydrogens (tertiary/aromatic N) is 4. The van der Waals surface area contributed by atoms with Gasteiger partial charge in [0.1, 0.15) is 25.1 Å². The van der Waals surface area contributed by atoms with Crippen molar-refractivity contribution in [2.75, 3.05) is 6.61 Å². The summed E-state index contributed by atoms with van der Waals surface area (Å²) >= 11 is 6.36. The van der Waals surface area contributed by atoms with Crippen LogP contribution in [0.3, 0.4) is 0 Å². The first kappa shape index (κ1) is 17.9. The Labute approximate surface area is 154 Å². The van der Waals surface area contributed by atoms with Crippen LogP contribution in [0, 0.1) is 5.82 Å². The van der Waals surface area contributed by atoms with Crippen molar-refractivity contribution in [1.82, 2.24) is 14.9 Å². The molecule has 0 fully saturated rings. The molecule has 8 heteroatoms. The number of benzene rings is 2. The molecule has 0 radical (unpaired) electrons. The fourth-order valence-electron chi connectivity index (χ4n) is 2.19. The average molecular weight is 375 g/mol. The molecule has 3 aromatic rings. The molecule has 0 amide bonds. The van der Waals surface area contributed by atoms with Gasteiger partial charge in [-0.25, -0.2) is 9.07 Å². The molecular formula is C18H16ClFN4O2. The summed E-state index contributed by atoms with van der Waals surface area (Å²) in [6, 6.07) is 9.58. The van der Waals surface area contributed by atoms with Crippen molar-refractivity contribution in [2.24, 2.45) is 5.10 Å². The Balaban J connectivity index is 1.80. The average Bonchev–Trinajstić information content (AvgIpc) is 3.14. The lowest BCUT2D eigenvalue weighted by Crippen LogP contribution is -2.01. The molecule has 0 aliphatic carbocycles. The highest BCUT2D eigenvalue weighted by Gasteiger charge is 2.12. The molecular weight excluding hydrogens is 359 g/mol. The number of ether oxygens (including phenoxy) is 2. The van der Waals surface area contributed by atoms with Crippen molar-refractivity contribution in [2.45, 2.75) is 13.5 Å². The van der Waals surface area contributed by atoms with Gasteiger partial charge in [-0.3, -0.25) is 0 Å². The van der Waals surface area contributed by atoms with E-state index in [0.717, 1.165) is 11.1 Å². The normalized spacial score (nSPS) is 11.0. The van der Waals surface area contributed by atoms with Crippen molar-refractivity contribution in [3.8, 4) is 11.5 Å². The third-order valence-corrected chi connectivity index (χ3v) is 3.66. The zero-order valence-electron chi connectivity index (χ0n) is 14.0. The van der Waals surface area contributed by atoms with Gasteiger partial charge in [0, 0.05) is 0 Å². The Kier molecular flexibility index (Phi) is 5.80. The topological polar surface area (TPSA) is 61.5 Å². The van der Waals surface area contributed by atoms with E-state index in [-0.39, 0.29) is 12.4 Å². The standard InChI is InChI=1S/C18H16ClFN4O2/c1-2-25-17-8-14(9-23-24-11-21-22-12-24)7-16(19)18(17)26-10-13-3-5-15(20)6-4-13/h3-9,11-12H,2,10H2,1H3/b23-9-. The molecule has 2 aromatic carbocycles. The summed E-state index contributed by atoms with van der Waals surface area (Å²) in [5, 5.41) is 11.9. The van der Waals surface area contributed by atoms with E-state index in [4.69, 9.17) is 21.1 Å². The Hall–Kier alpha value is -2.93. The predicted molar refractivity (Wildman–Crippen MR) is 96.4 cm³/mol. The van der Waals surface area contributed by atoms with Crippen LogP contribution in [0.1, 0.15) is 18.1 Å². The fourth-order valence-corrected chi connectivity index (χ4v) is 2.46. The molecule has 0 spiro atoms. The zero-order valence-corrected chi connectivity index (χ0v) is 14.7. The summed E-state index contributed by atoms with van der Waals surface area (Å²) in [5.74, 6) is 0.644. The van der Waals surface area contributed by atoms with Crippen LogP contribution in [0.4, 0.5) is 4.39 Å². The van der Waals surface area contributed by atoms with Crippen LogP contribution in [-0.4, -0.2) is 27.7 Å². The first-order chi connectivity index (χ1) is 12.7. The van der Waals surface area contributed by atoms with Gasteiger partial charge in [-0.15, -0.1) is 10.2 Å². The summed E-state index contributed by atoms with van der Waals surface area (Å²) in [7, 11) is 0. The highest BCUT2D eigenvalue weighted by atomic mass is 35.5. The van der Waals surface area contributed by atoms with E-state index < -0.39 is 0 Å². The van der Waals surface area contributed by atoms with Gasteiger partial charge in [0.05, 0.1) is 17.8 Å². The molecule has 3 rings (SSSR count). The van der Waals surface area contributed by atoms with E-state index in [0.29, 0.717) is 23.1 Å². The maximum atomic E-state index is 13.0. The van der Waals surface area contributed by atoms with Gasteiger partial charge < -0.3 is 9.47 Å². The first-order valence-electron chi connectivity index (χ1n) is 7.88. The highest BCUT2D eigenvalue weighted by molar-refractivity contribution is 6.32. The lowest BCUT2D eigenvalue weighted by atomic mass is 10.2. The monoisotopic (exact) mass is 374 g/mol. The maximum absolute atomic E-state index is 13.0. The van der Waals surface area contributed by atoms with Gasteiger partial charge in [0.15, 0.2) is 11.5 Å². The Bertz CT molecular complexity index is 883. The van der Waals surface area contributed by atoms with Gasteiger partial charge >= 0.3 is 0 Å². The molecule has 0 atom stereocenters. The zero-order chi connectivity index (χ0) is 18.4. The SMILES string of the molecule is CCOc1cc(/C=N\n2cnnc2)cc(Cl)c1OCc1ccc(F)cc1. The lowest BCUT2D eigenvalue weighted by Gasteiger charge is -2.14. The molecule has 6 nitrogen and oxygen atoms in total. The molecule has 0 saturated carbocycles. The van der Waals surface area contributed by atoms with Crippen molar-refractivity contribution in [3.05, 3.63) is 71.0 Å². The van der Waals surface area contributed by atoms with Crippen LogP contribution < -0.4 is 9.47 Å². The molecule has 0 aliphatic heterocycles. The van der Waals surface area contributed by atoms with Gasteiger partial charge in [-0.05, 0) is 42.3 Å².